The van der Waals surface area contributed by atoms with Crippen LogP contribution in [0.2, 0.25) is 0 Å². The smallest absolute Gasteiger partial charge is 0.232 e. The summed E-state index contributed by atoms with van der Waals surface area (Å²) in [5, 5.41) is 0.443. The standard InChI is InChI=1S/C22H27FN4O4S/c1-22(5-10-32-21(24)27-22)16-11-15(3-4-17(16)23)12-19(28)18-13-26-20(14-25-18)31-9-8-30-7-6-29-2/h3-4,11,13-14H,5-10,12H2,1-2H3,(H2,24,27)/t22-/m0/s1. The van der Waals surface area contributed by atoms with Crippen molar-refractivity contribution in [1.82, 2.24) is 9.97 Å². The van der Waals surface area contributed by atoms with Crippen LogP contribution in [0.15, 0.2) is 35.6 Å². The van der Waals surface area contributed by atoms with Gasteiger partial charge in [-0.1, -0.05) is 17.8 Å². The molecule has 0 unspecified atom stereocenters. The molecular formula is C22H27FN4O4S. The topological polar surface area (TPSA) is 109 Å². The Kier molecular flexibility index (Phi) is 8.54. The zero-order valence-electron chi connectivity index (χ0n) is 18.2. The first kappa shape index (κ1) is 24.1. The van der Waals surface area contributed by atoms with Gasteiger partial charge in [0.1, 0.15) is 18.1 Å². The molecule has 1 aromatic heterocycles. The summed E-state index contributed by atoms with van der Waals surface area (Å²) >= 11 is 1.46. The highest BCUT2D eigenvalue weighted by molar-refractivity contribution is 8.13. The van der Waals surface area contributed by atoms with E-state index in [4.69, 9.17) is 19.9 Å². The van der Waals surface area contributed by atoms with Gasteiger partial charge in [0.2, 0.25) is 5.88 Å². The minimum absolute atomic E-state index is 0.0690. The maximum absolute atomic E-state index is 14.6. The Labute approximate surface area is 190 Å². The predicted molar refractivity (Wildman–Crippen MR) is 121 cm³/mol. The van der Waals surface area contributed by atoms with Crippen LogP contribution < -0.4 is 10.5 Å². The molecule has 1 aromatic carbocycles. The van der Waals surface area contributed by atoms with Crippen LogP contribution in [0, 0.1) is 5.82 Å². The summed E-state index contributed by atoms with van der Waals surface area (Å²) in [5.41, 5.74) is 6.44. The summed E-state index contributed by atoms with van der Waals surface area (Å²) < 4.78 is 30.2. The molecule has 10 heteroatoms. The third-order valence-corrected chi connectivity index (χ3v) is 5.79. The van der Waals surface area contributed by atoms with Gasteiger partial charge in [-0.3, -0.25) is 9.79 Å². The largest absolute Gasteiger partial charge is 0.474 e. The minimum Gasteiger partial charge on any atom is -0.474 e. The van der Waals surface area contributed by atoms with Crippen molar-refractivity contribution in [2.45, 2.75) is 25.3 Å². The van der Waals surface area contributed by atoms with E-state index in [1.54, 1.807) is 19.2 Å². The fourth-order valence-electron chi connectivity index (χ4n) is 3.24. The number of ether oxygens (including phenoxy) is 3. The maximum Gasteiger partial charge on any atom is 0.232 e. The number of nitrogens with zero attached hydrogens (tertiary/aromatic N) is 3. The predicted octanol–water partition coefficient (Wildman–Crippen LogP) is 2.75. The molecule has 8 nitrogen and oxygen atoms in total. The molecule has 172 valence electrons. The zero-order valence-corrected chi connectivity index (χ0v) is 19.0. The molecule has 2 heterocycles. The number of carbonyl (C=O) groups is 1. The fraction of sp³-hybridized carbons (Fsp3) is 0.455. The van der Waals surface area contributed by atoms with Gasteiger partial charge in [0.25, 0.3) is 0 Å². The van der Waals surface area contributed by atoms with Crippen LogP contribution in [0.4, 0.5) is 4.39 Å². The molecule has 0 aliphatic carbocycles. The van der Waals surface area contributed by atoms with E-state index < -0.39 is 5.54 Å². The number of benzene rings is 1. The van der Waals surface area contributed by atoms with Gasteiger partial charge in [-0.2, -0.15) is 0 Å². The average Bonchev–Trinajstić information content (AvgIpc) is 2.77. The lowest BCUT2D eigenvalue weighted by atomic mass is 9.87. The van der Waals surface area contributed by atoms with E-state index in [2.05, 4.69) is 15.0 Å². The Balaban J connectivity index is 1.60. The van der Waals surface area contributed by atoms with Crippen molar-refractivity contribution in [3.8, 4) is 5.88 Å². The molecule has 2 aromatic rings. The van der Waals surface area contributed by atoms with Crippen LogP contribution in [0.5, 0.6) is 5.88 Å². The van der Waals surface area contributed by atoms with E-state index in [-0.39, 0.29) is 23.7 Å². The van der Waals surface area contributed by atoms with Crippen LogP contribution in [0.1, 0.15) is 35.0 Å². The molecule has 0 fully saturated rings. The summed E-state index contributed by atoms with van der Waals surface area (Å²) in [4.78, 5) is 25.4. The van der Waals surface area contributed by atoms with Gasteiger partial charge in [-0.15, -0.1) is 0 Å². The number of aromatic nitrogens is 2. The van der Waals surface area contributed by atoms with Crippen molar-refractivity contribution < 1.29 is 23.4 Å². The first-order chi connectivity index (χ1) is 15.4. The lowest BCUT2D eigenvalue weighted by molar-refractivity contribution is 0.0536. The summed E-state index contributed by atoms with van der Waals surface area (Å²) in [7, 11) is 1.61. The Bertz CT molecular complexity index is 957. The van der Waals surface area contributed by atoms with Gasteiger partial charge in [0.05, 0.1) is 37.8 Å². The quantitative estimate of drug-likeness (QED) is 0.401. The van der Waals surface area contributed by atoms with Gasteiger partial charge in [-0.05, 0) is 31.0 Å². The van der Waals surface area contributed by atoms with Crippen molar-refractivity contribution in [2.24, 2.45) is 10.7 Å². The number of rotatable bonds is 11. The number of thioether (sulfide) groups is 1. The van der Waals surface area contributed by atoms with Crippen molar-refractivity contribution in [1.29, 1.82) is 0 Å². The van der Waals surface area contributed by atoms with Gasteiger partial charge >= 0.3 is 0 Å². The Morgan fingerprint density at radius 3 is 2.75 bits per heavy atom. The van der Waals surface area contributed by atoms with Crippen molar-refractivity contribution in [3.63, 3.8) is 0 Å². The summed E-state index contributed by atoms with van der Waals surface area (Å²) in [6.45, 7) is 3.57. The van der Waals surface area contributed by atoms with E-state index in [1.807, 2.05) is 6.92 Å². The molecular weight excluding hydrogens is 435 g/mol. The molecule has 32 heavy (non-hydrogen) atoms. The minimum atomic E-state index is -0.745. The second-order valence-corrected chi connectivity index (χ2v) is 8.55. The lowest BCUT2D eigenvalue weighted by Gasteiger charge is -2.30. The van der Waals surface area contributed by atoms with Gasteiger partial charge < -0.3 is 19.9 Å². The third kappa shape index (κ3) is 6.47. The first-order valence-electron chi connectivity index (χ1n) is 10.2. The SMILES string of the molecule is COCCOCCOc1cnc(C(=O)Cc2ccc(F)c([C@]3(C)CCSC(N)=N3)c2)cn1. The van der Waals surface area contributed by atoms with Gasteiger partial charge in [0.15, 0.2) is 11.0 Å². The third-order valence-electron chi connectivity index (χ3n) is 4.99. The monoisotopic (exact) mass is 462 g/mol. The number of aliphatic imine (C=N–C) groups is 1. The maximum atomic E-state index is 14.6. The molecule has 0 spiro atoms. The molecule has 2 N–H and O–H groups in total. The number of ketones is 1. The molecule has 0 bridgehead atoms. The van der Waals surface area contributed by atoms with Crippen LogP contribution in [0.3, 0.4) is 0 Å². The summed E-state index contributed by atoms with van der Waals surface area (Å²) in [6.07, 6.45) is 3.51. The molecule has 1 aliphatic heterocycles. The van der Waals surface area contributed by atoms with E-state index in [9.17, 15) is 9.18 Å². The highest BCUT2D eigenvalue weighted by Crippen LogP contribution is 2.36. The number of methoxy groups -OCH3 is 1. The highest BCUT2D eigenvalue weighted by atomic mass is 32.2. The van der Waals surface area contributed by atoms with E-state index in [1.165, 1.54) is 30.2 Å². The normalized spacial score (nSPS) is 18.3. The number of hydrogen-bond donors (Lipinski definition) is 1. The van der Waals surface area contributed by atoms with Gasteiger partial charge in [0, 0.05) is 24.8 Å². The molecule has 0 saturated carbocycles. The molecule has 0 amide bonds. The van der Waals surface area contributed by atoms with E-state index in [0.29, 0.717) is 55.0 Å². The number of carbonyl (C=O) groups excluding carboxylic acids is 1. The van der Waals surface area contributed by atoms with Gasteiger partial charge in [-0.25, -0.2) is 14.4 Å². The van der Waals surface area contributed by atoms with Crippen LogP contribution >= 0.6 is 11.8 Å². The number of nitrogens with two attached hydrogens (primary N) is 1. The number of hydrogen-bond acceptors (Lipinski definition) is 9. The molecule has 1 atom stereocenters. The van der Waals surface area contributed by atoms with Crippen LogP contribution in [-0.2, 0) is 21.4 Å². The molecule has 0 saturated heterocycles. The Morgan fingerprint density at radius 2 is 2.03 bits per heavy atom. The van der Waals surface area contributed by atoms with Crippen molar-refractivity contribution >= 4 is 22.7 Å². The molecule has 0 radical (unpaired) electrons. The number of amidine groups is 1. The second kappa shape index (κ2) is 11.3. The fourth-order valence-corrected chi connectivity index (χ4v) is 4.21. The first-order valence-corrected chi connectivity index (χ1v) is 11.2. The molecule has 3 rings (SSSR count). The molecule has 1 aliphatic rings. The number of halogens is 1. The van der Waals surface area contributed by atoms with Crippen molar-refractivity contribution in [3.05, 3.63) is 53.2 Å². The zero-order chi connectivity index (χ0) is 23.0. The number of Topliss-reactive ketones (excluding diaryl/α,β-unsaturated/α-hetero) is 1. The summed E-state index contributed by atoms with van der Waals surface area (Å²) in [5.74, 6) is 0.480. The Hall–Kier alpha value is -2.56. The van der Waals surface area contributed by atoms with E-state index in [0.717, 1.165) is 5.75 Å². The highest BCUT2D eigenvalue weighted by Gasteiger charge is 2.32. The van der Waals surface area contributed by atoms with Crippen LogP contribution in [0.25, 0.3) is 0 Å². The second-order valence-electron chi connectivity index (χ2n) is 7.43. The summed E-state index contributed by atoms with van der Waals surface area (Å²) in [6, 6.07) is 4.65. The van der Waals surface area contributed by atoms with Crippen molar-refractivity contribution in [2.75, 3.05) is 39.3 Å². The van der Waals surface area contributed by atoms with Crippen LogP contribution in [-0.4, -0.2) is 60.2 Å². The Morgan fingerprint density at radius 1 is 1.22 bits per heavy atom. The average molecular weight is 463 g/mol. The lowest BCUT2D eigenvalue weighted by Crippen LogP contribution is -2.29. The van der Waals surface area contributed by atoms with E-state index >= 15 is 0 Å².